The van der Waals surface area contributed by atoms with Crippen LogP contribution in [0.5, 0.6) is 5.88 Å². The highest BCUT2D eigenvalue weighted by atomic mass is 35.5. The van der Waals surface area contributed by atoms with Crippen molar-refractivity contribution >= 4 is 35.2 Å². The predicted octanol–water partition coefficient (Wildman–Crippen LogP) is 1.83. The van der Waals surface area contributed by atoms with E-state index in [1.807, 2.05) is 0 Å². The van der Waals surface area contributed by atoms with E-state index in [9.17, 15) is 14.4 Å². The number of rotatable bonds is 10. The summed E-state index contributed by atoms with van der Waals surface area (Å²) in [5.74, 6) is -0.309. The molecule has 4 aliphatic heterocycles. The van der Waals surface area contributed by atoms with Crippen molar-refractivity contribution in [1.29, 1.82) is 0 Å². The highest BCUT2D eigenvalue weighted by molar-refractivity contribution is 6.33. The number of nitrogen functional groups attached to an aromatic ring is 1. The first-order valence-corrected chi connectivity index (χ1v) is 15.0. The number of hydrogen-bond acceptors (Lipinski definition) is 10. The van der Waals surface area contributed by atoms with Gasteiger partial charge in [0.1, 0.15) is 17.5 Å². The number of halogens is 1. The van der Waals surface area contributed by atoms with Crippen LogP contribution >= 0.6 is 11.6 Å². The van der Waals surface area contributed by atoms with Crippen LogP contribution in [-0.4, -0.2) is 111 Å². The van der Waals surface area contributed by atoms with Gasteiger partial charge in [-0.1, -0.05) is 11.6 Å². The van der Waals surface area contributed by atoms with Gasteiger partial charge in [0, 0.05) is 45.4 Å². The molecule has 0 saturated carbocycles. The molecule has 12 nitrogen and oxygen atoms in total. The molecule has 4 N–H and O–H groups in total. The normalized spacial score (nSPS) is 25.1. The van der Waals surface area contributed by atoms with Crippen molar-refractivity contribution in [2.24, 2.45) is 5.92 Å². The van der Waals surface area contributed by atoms with E-state index in [-0.39, 0.29) is 58.3 Å². The molecule has 0 aliphatic carbocycles. The quantitative estimate of drug-likeness (QED) is 0.338. The van der Waals surface area contributed by atoms with Crippen LogP contribution in [0.2, 0.25) is 5.02 Å². The number of likely N-dealkylation sites (tertiary alicyclic amines) is 1. The Bertz CT molecular complexity index is 1320. The Balaban J connectivity index is 1.06. The first-order valence-electron chi connectivity index (χ1n) is 14.6. The Kier molecular flexibility index (Phi) is 10.0. The lowest BCUT2D eigenvalue weighted by molar-refractivity contribution is -0.0455. The van der Waals surface area contributed by atoms with E-state index >= 15 is 0 Å². The number of carbonyl (C=O) groups excluding carboxylic acids is 3. The van der Waals surface area contributed by atoms with E-state index < -0.39 is 0 Å². The third-order valence-electron chi connectivity index (χ3n) is 8.62. The van der Waals surface area contributed by atoms with Gasteiger partial charge in [-0.05, 0) is 68.6 Å². The molecule has 0 unspecified atom stereocenters. The van der Waals surface area contributed by atoms with Crippen molar-refractivity contribution in [3.63, 3.8) is 0 Å². The number of anilines is 1. The lowest BCUT2D eigenvalue weighted by atomic mass is 9.86. The minimum absolute atomic E-state index is 0.0549. The Morgan fingerprint density at radius 3 is 2.37 bits per heavy atom. The average Bonchev–Trinajstić information content (AvgIpc) is 3.03. The van der Waals surface area contributed by atoms with E-state index in [1.54, 1.807) is 31.4 Å². The maximum atomic E-state index is 13.0. The first kappa shape index (κ1) is 31.0. The van der Waals surface area contributed by atoms with Gasteiger partial charge in [-0.3, -0.25) is 19.4 Å². The van der Waals surface area contributed by atoms with Gasteiger partial charge in [-0.25, -0.2) is 4.79 Å². The number of nitrogens with two attached hydrogens (primary N) is 1. The number of amides is 2. The highest BCUT2D eigenvalue weighted by Crippen LogP contribution is 2.30. The average molecular weight is 615 g/mol. The van der Waals surface area contributed by atoms with Crippen molar-refractivity contribution < 1.29 is 28.6 Å². The molecule has 4 saturated heterocycles. The molecular formula is C30H39ClN6O6. The monoisotopic (exact) mass is 614 g/mol. The number of nitrogens with zero attached hydrogens (tertiary/aromatic N) is 3. The first-order chi connectivity index (χ1) is 20.7. The summed E-state index contributed by atoms with van der Waals surface area (Å²) in [6.07, 6.45) is 2.48. The van der Waals surface area contributed by atoms with Gasteiger partial charge >= 0.3 is 5.97 Å². The molecule has 43 heavy (non-hydrogen) atoms. The third-order valence-corrected chi connectivity index (χ3v) is 8.92. The Hall–Kier alpha value is -3.45. The topological polar surface area (TPSA) is 148 Å². The van der Waals surface area contributed by atoms with Crippen molar-refractivity contribution in [3.05, 3.63) is 52.0 Å². The molecule has 4 aliphatic rings. The summed E-state index contributed by atoms with van der Waals surface area (Å²) >= 11 is 6.07. The molecule has 232 valence electrons. The summed E-state index contributed by atoms with van der Waals surface area (Å²) in [7, 11) is 3.01. The lowest BCUT2D eigenvalue weighted by Crippen LogP contribution is -2.55. The molecule has 0 radical (unpaired) electrons. The molecule has 13 heteroatoms. The number of esters is 1. The number of ether oxygens (including phenoxy) is 3. The van der Waals surface area contributed by atoms with Crippen LogP contribution in [-0.2, 0) is 9.47 Å². The van der Waals surface area contributed by atoms with Crippen LogP contribution in [0.4, 0.5) is 5.82 Å². The van der Waals surface area contributed by atoms with Gasteiger partial charge in [0.2, 0.25) is 5.88 Å². The smallest absolute Gasteiger partial charge is 0.338 e. The number of fused-ring (bicyclic) bond motifs is 3. The molecule has 4 fully saturated rings. The van der Waals surface area contributed by atoms with E-state index in [2.05, 4.69) is 25.4 Å². The SMILES string of the molecule is COc1nc(N)c(Cl)cc1C(=O)N[C@H]1CCN(CCNC(=O)c2ccc(C(=O)O[C@H]3CN4CCC3CC4)cc2)C[C@H]1OC. The van der Waals surface area contributed by atoms with Crippen molar-refractivity contribution in [1.82, 2.24) is 25.4 Å². The molecular weight excluding hydrogens is 576 g/mol. The molecule has 2 bridgehead atoms. The van der Waals surface area contributed by atoms with Gasteiger partial charge in [0.05, 0.1) is 29.8 Å². The van der Waals surface area contributed by atoms with Crippen LogP contribution in [0.1, 0.15) is 50.3 Å². The summed E-state index contributed by atoms with van der Waals surface area (Å²) in [4.78, 5) is 47.0. The maximum Gasteiger partial charge on any atom is 0.338 e. The van der Waals surface area contributed by atoms with Crippen LogP contribution in [0.15, 0.2) is 30.3 Å². The van der Waals surface area contributed by atoms with Crippen LogP contribution in [0.3, 0.4) is 0 Å². The van der Waals surface area contributed by atoms with Crippen molar-refractivity contribution in [2.75, 3.05) is 65.8 Å². The number of hydrogen-bond donors (Lipinski definition) is 3. The summed E-state index contributed by atoms with van der Waals surface area (Å²) in [6.45, 7) is 5.30. The molecule has 5 heterocycles. The third kappa shape index (κ3) is 7.38. The Morgan fingerprint density at radius 1 is 1.00 bits per heavy atom. The maximum absolute atomic E-state index is 13.0. The fraction of sp³-hybridized carbons (Fsp3) is 0.533. The molecule has 2 aromatic rings. The largest absolute Gasteiger partial charge is 0.480 e. The van der Waals surface area contributed by atoms with E-state index in [0.29, 0.717) is 49.6 Å². The summed E-state index contributed by atoms with van der Waals surface area (Å²) in [5.41, 5.74) is 6.85. The number of pyridine rings is 1. The fourth-order valence-electron chi connectivity index (χ4n) is 6.07. The highest BCUT2D eigenvalue weighted by Gasteiger charge is 2.36. The second kappa shape index (κ2) is 13.9. The molecule has 6 rings (SSSR count). The standard InChI is InChI=1S/C30H39ClN6O6/c1-41-25-17-37(13-9-23(25)34-28(39)21-15-22(31)26(32)35-29(21)42-2)14-10-33-27(38)19-3-5-20(6-4-19)30(40)43-24-16-36-11-7-18(24)8-12-36/h3-6,15,18,23-25H,7-14,16-17H2,1-2H3,(H2,32,35)(H,33,38)(H,34,39)/t23-,24-,25+/m0/s1. The van der Waals surface area contributed by atoms with Gasteiger partial charge in [0.15, 0.2) is 0 Å². The summed E-state index contributed by atoms with van der Waals surface area (Å²) < 4.78 is 16.7. The minimum atomic E-state index is -0.378. The molecule has 1 aromatic carbocycles. The zero-order valence-electron chi connectivity index (χ0n) is 24.5. The summed E-state index contributed by atoms with van der Waals surface area (Å²) in [6, 6.07) is 7.79. The van der Waals surface area contributed by atoms with E-state index in [1.165, 1.54) is 13.2 Å². The van der Waals surface area contributed by atoms with E-state index in [4.69, 9.17) is 31.5 Å². The van der Waals surface area contributed by atoms with Gasteiger partial charge < -0.3 is 30.6 Å². The second-order valence-electron chi connectivity index (χ2n) is 11.3. The van der Waals surface area contributed by atoms with Crippen molar-refractivity contribution in [2.45, 2.75) is 37.5 Å². The minimum Gasteiger partial charge on any atom is -0.480 e. The number of methoxy groups -OCH3 is 2. The van der Waals surface area contributed by atoms with Crippen LogP contribution in [0, 0.1) is 5.92 Å². The Morgan fingerprint density at radius 2 is 1.72 bits per heavy atom. The number of benzene rings is 1. The molecule has 3 atom stereocenters. The Labute approximate surface area is 256 Å². The zero-order chi connectivity index (χ0) is 30.5. The van der Waals surface area contributed by atoms with E-state index in [0.717, 1.165) is 32.5 Å². The summed E-state index contributed by atoms with van der Waals surface area (Å²) in [5, 5.41) is 6.11. The van der Waals surface area contributed by atoms with Crippen LogP contribution in [0.25, 0.3) is 0 Å². The molecule has 0 spiro atoms. The van der Waals surface area contributed by atoms with Crippen LogP contribution < -0.4 is 21.1 Å². The zero-order valence-corrected chi connectivity index (χ0v) is 25.3. The van der Waals surface area contributed by atoms with Gasteiger partial charge in [0.25, 0.3) is 11.8 Å². The van der Waals surface area contributed by atoms with Gasteiger partial charge in [-0.15, -0.1) is 0 Å². The van der Waals surface area contributed by atoms with Crippen molar-refractivity contribution in [3.8, 4) is 5.88 Å². The molecule has 1 aromatic heterocycles. The molecule has 2 amide bonds. The number of nitrogens with one attached hydrogen (secondary N) is 2. The second-order valence-corrected chi connectivity index (χ2v) is 11.7. The van der Waals surface area contributed by atoms with Gasteiger partial charge in [-0.2, -0.15) is 4.98 Å². The lowest BCUT2D eigenvalue weighted by Gasteiger charge is -2.43. The predicted molar refractivity (Wildman–Crippen MR) is 160 cm³/mol. The number of aromatic nitrogens is 1. The number of piperidine rings is 4. The fourth-order valence-corrected chi connectivity index (χ4v) is 6.23. The number of carbonyl (C=O) groups is 3.